The molecule has 2 aliphatic carbocycles. The number of rotatable bonds is 12. The Morgan fingerprint density at radius 3 is 1.84 bits per heavy atom. The number of benzene rings is 1. The Bertz CT molecular complexity index is 505. The van der Waals surface area contributed by atoms with Crippen molar-refractivity contribution in [2.24, 2.45) is 5.41 Å². The highest BCUT2D eigenvalue weighted by Gasteiger charge is 2.38. The molecule has 0 bridgehead atoms. The zero-order chi connectivity index (χ0) is 17.8. The summed E-state index contributed by atoms with van der Waals surface area (Å²) in [5.41, 5.74) is 5.36. The molecule has 140 valence electrons. The predicted molar refractivity (Wildman–Crippen MR) is 119 cm³/mol. The molecule has 2 aliphatic rings. The molecule has 0 aliphatic heterocycles. The first kappa shape index (κ1) is 19.7. The van der Waals surface area contributed by atoms with Gasteiger partial charge in [-0.1, -0.05) is 79.0 Å². The van der Waals surface area contributed by atoms with Gasteiger partial charge in [0.05, 0.1) is 0 Å². The molecule has 0 amide bonds. The van der Waals surface area contributed by atoms with Crippen LogP contribution in [0.3, 0.4) is 0 Å². The van der Waals surface area contributed by atoms with Crippen LogP contribution in [0.15, 0.2) is 18.2 Å². The summed E-state index contributed by atoms with van der Waals surface area (Å²) in [6, 6.07) is 7.33. The number of aryl methyl sites for hydroxylation is 3. The van der Waals surface area contributed by atoms with Crippen molar-refractivity contribution >= 4 is 22.6 Å². The van der Waals surface area contributed by atoms with Crippen molar-refractivity contribution in [3.05, 3.63) is 34.9 Å². The van der Waals surface area contributed by atoms with Gasteiger partial charge in [0.2, 0.25) is 0 Å². The standard InChI is InChI=1S/C24H37I/c1-20-17-21(9-5-3-7-11-23(2)13-14-23)19-22(18-20)10-6-4-8-12-24(25)15-16-24/h17-19H,3-16H2,1-2H3. The van der Waals surface area contributed by atoms with Crippen LogP contribution < -0.4 is 0 Å². The van der Waals surface area contributed by atoms with Gasteiger partial charge in [0.15, 0.2) is 0 Å². The number of unbranched alkanes of at least 4 members (excludes halogenated alkanes) is 4. The fourth-order valence-corrected chi connectivity index (χ4v) is 4.74. The molecule has 1 aromatic rings. The summed E-state index contributed by atoms with van der Waals surface area (Å²) in [5.74, 6) is 0. The fourth-order valence-electron chi connectivity index (χ4n) is 4.09. The molecule has 1 aromatic carbocycles. The lowest BCUT2D eigenvalue weighted by Gasteiger charge is -2.10. The first-order valence-corrected chi connectivity index (χ1v) is 11.8. The van der Waals surface area contributed by atoms with E-state index in [1.807, 2.05) is 0 Å². The van der Waals surface area contributed by atoms with Crippen molar-refractivity contribution in [1.29, 1.82) is 0 Å². The molecule has 0 aromatic heterocycles. The molecule has 0 atom stereocenters. The van der Waals surface area contributed by atoms with Crippen LogP contribution in [0.4, 0.5) is 0 Å². The van der Waals surface area contributed by atoms with Gasteiger partial charge in [0.25, 0.3) is 0 Å². The minimum Gasteiger partial charge on any atom is -0.0789 e. The Hall–Kier alpha value is -0.0500. The van der Waals surface area contributed by atoms with E-state index < -0.39 is 0 Å². The smallest absolute Gasteiger partial charge is 0.0223 e. The van der Waals surface area contributed by atoms with Crippen molar-refractivity contribution in [3.8, 4) is 0 Å². The van der Waals surface area contributed by atoms with Gasteiger partial charge in [0.1, 0.15) is 0 Å². The van der Waals surface area contributed by atoms with Crippen LogP contribution in [0.1, 0.15) is 101 Å². The van der Waals surface area contributed by atoms with Crippen molar-refractivity contribution in [1.82, 2.24) is 0 Å². The first-order valence-electron chi connectivity index (χ1n) is 10.7. The highest BCUT2D eigenvalue weighted by Crippen LogP contribution is 2.49. The number of alkyl halides is 1. The second-order valence-electron chi connectivity index (χ2n) is 9.41. The van der Waals surface area contributed by atoms with Crippen molar-refractivity contribution in [2.45, 2.75) is 107 Å². The van der Waals surface area contributed by atoms with E-state index in [9.17, 15) is 0 Å². The van der Waals surface area contributed by atoms with E-state index in [0.717, 1.165) is 5.41 Å². The Kier molecular flexibility index (Phi) is 6.90. The molecular weight excluding hydrogens is 415 g/mol. The number of hydrogen-bond donors (Lipinski definition) is 0. The number of halogens is 1. The van der Waals surface area contributed by atoms with E-state index in [1.165, 1.54) is 95.5 Å². The van der Waals surface area contributed by atoms with Crippen LogP contribution in [0, 0.1) is 12.3 Å². The van der Waals surface area contributed by atoms with E-state index >= 15 is 0 Å². The van der Waals surface area contributed by atoms with Crippen LogP contribution >= 0.6 is 22.6 Å². The third-order valence-corrected chi connectivity index (χ3v) is 8.05. The average molecular weight is 452 g/mol. The topological polar surface area (TPSA) is 0 Å². The molecule has 0 radical (unpaired) electrons. The predicted octanol–water partition coefficient (Wildman–Crippen LogP) is 7.97. The Morgan fingerprint density at radius 1 is 0.760 bits per heavy atom. The molecule has 2 fully saturated rings. The Morgan fingerprint density at radius 2 is 1.32 bits per heavy atom. The van der Waals surface area contributed by atoms with Crippen LogP contribution in [0.2, 0.25) is 0 Å². The molecule has 0 spiro atoms. The van der Waals surface area contributed by atoms with E-state index in [0.29, 0.717) is 3.42 Å². The molecule has 0 N–H and O–H groups in total. The number of hydrogen-bond acceptors (Lipinski definition) is 0. The lowest BCUT2D eigenvalue weighted by Crippen LogP contribution is -1.97. The zero-order valence-corrected chi connectivity index (χ0v) is 18.7. The summed E-state index contributed by atoms with van der Waals surface area (Å²) in [7, 11) is 0. The average Bonchev–Trinajstić information content (AvgIpc) is 3.47. The summed E-state index contributed by atoms with van der Waals surface area (Å²) >= 11 is 2.69. The largest absolute Gasteiger partial charge is 0.0789 e. The lowest BCUT2D eigenvalue weighted by molar-refractivity contribution is 0.475. The van der Waals surface area contributed by atoms with Gasteiger partial charge in [-0.05, 0) is 87.7 Å². The third-order valence-electron chi connectivity index (χ3n) is 6.43. The van der Waals surface area contributed by atoms with Gasteiger partial charge in [0, 0.05) is 3.42 Å². The molecule has 1 heteroatoms. The Labute approximate surface area is 169 Å². The second-order valence-corrected chi connectivity index (χ2v) is 11.7. The van der Waals surface area contributed by atoms with E-state index in [1.54, 1.807) is 11.1 Å². The molecule has 0 nitrogen and oxygen atoms in total. The van der Waals surface area contributed by atoms with E-state index in [4.69, 9.17) is 0 Å². The van der Waals surface area contributed by atoms with Crippen molar-refractivity contribution in [3.63, 3.8) is 0 Å². The molecule has 0 unspecified atom stereocenters. The molecule has 3 rings (SSSR count). The second kappa shape index (κ2) is 8.76. The van der Waals surface area contributed by atoms with Gasteiger partial charge < -0.3 is 0 Å². The van der Waals surface area contributed by atoms with Crippen molar-refractivity contribution < 1.29 is 0 Å². The van der Waals surface area contributed by atoms with Crippen LogP contribution in [-0.4, -0.2) is 3.42 Å². The van der Waals surface area contributed by atoms with Crippen LogP contribution in [-0.2, 0) is 12.8 Å². The van der Waals surface area contributed by atoms with E-state index in [-0.39, 0.29) is 0 Å². The maximum absolute atomic E-state index is 2.69. The Balaban J connectivity index is 1.32. The molecule has 25 heavy (non-hydrogen) atoms. The quantitative estimate of drug-likeness (QED) is 0.171. The first-order chi connectivity index (χ1) is 12.0. The van der Waals surface area contributed by atoms with Crippen LogP contribution in [0.25, 0.3) is 0 Å². The molecule has 2 saturated carbocycles. The maximum atomic E-state index is 2.69. The molecule has 0 heterocycles. The molecule has 0 saturated heterocycles. The maximum Gasteiger partial charge on any atom is 0.0223 e. The van der Waals surface area contributed by atoms with Gasteiger partial charge in [-0.3, -0.25) is 0 Å². The SMILES string of the molecule is Cc1cc(CCCCCC2(C)CC2)cc(CCCCCC2(I)CC2)c1. The lowest BCUT2D eigenvalue weighted by atomic mass is 9.96. The summed E-state index contributed by atoms with van der Waals surface area (Å²) in [4.78, 5) is 0. The minimum absolute atomic E-state index is 0.713. The minimum atomic E-state index is 0.713. The van der Waals surface area contributed by atoms with Crippen molar-refractivity contribution in [2.75, 3.05) is 0 Å². The monoisotopic (exact) mass is 452 g/mol. The summed E-state index contributed by atoms with van der Waals surface area (Å²) < 4.78 is 0.713. The third kappa shape index (κ3) is 7.23. The van der Waals surface area contributed by atoms with Gasteiger partial charge in [-0.15, -0.1) is 0 Å². The van der Waals surface area contributed by atoms with E-state index in [2.05, 4.69) is 54.6 Å². The van der Waals surface area contributed by atoms with Gasteiger partial charge >= 0.3 is 0 Å². The van der Waals surface area contributed by atoms with Gasteiger partial charge in [-0.2, -0.15) is 0 Å². The van der Waals surface area contributed by atoms with Crippen LogP contribution in [0.5, 0.6) is 0 Å². The summed E-state index contributed by atoms with van der Waals surface area (Å²) in [6.45, 7) is 4.73. The summed E-state index contributed by atoms with van der Waals surface area (Å²) in [6.07, 6.45) is 19.8. The highest BCUT2D eigenvalue weighted by molar-refractivity contribution is 14.1. The van der Waals surface area contributed by atoms with Gasteiger partial charge in [-0.25, -0.2) is 0 Å². The fraction of sp³-hybridized carbons (Fsp3) is 0.750. The zero-order valence-electron chi connectivity index (χ0n) is 16.5. The summed E-state index contributed by atoms with van der Waals surface area (Å²) in [5, 5.41) is 0. The molecular formula is C24H37I. The normalized spacial score (nSPS) is 19.8. The highest BCUT2D eigenvalue weighted by atomic mass is 127.